The number of nitrogens with zero attached hydrogens (tertiary/aromatic N) is 1. The SMILES string of the molecule is COc1cccc2[nH]c(C(=O)N3CC4CCCC4C3C(=O)NC(CC3CCCCC3=O)C(=O)COCc3ccccc3)cc12. The smallest absolute Gasteiger partial charge is 0.271 e. The lowest BCUT2D eigenvalue weighted by Crippen LogP contribution is -2.54. The lowest BCUT2D eigenvalue weighted by atomic mass is 9.82. The Kier molecular flexibility index (Phi) is 9.12. The first kappa shape index (κ1) is 30.1. The first-order valence-electron chi connectivity index (χ1n) is 15.9. The molecule has 44 heavy (non-hydrogen) atoms. The number of carbonyl (C=O) groups excluding carboxylic acids is 4. The van der Waals surface area contributed by atoms with Crippen LogP contribution in [0.4, 0.5) is 0 Å². The van der Waals surface area contributed by atoms with E-state index < -0.39 is 12.1 Å². The fourth-order valence-electron chi connectivity index (χ4n) is 7.49. The summed E-state index contributed by atoms with van der Waals surface area (Å²) in [4.78, 5) is 59.3. The molecule has 1 aliphatic heterocycles. The number of aromatic amines is 1. The molecule has 3 aromatic rings. The van der Waals surface area contributed by atoms with E-state index in [2.05, 4.69) is 10.3 Å². The quantitative estimate of drug-likeness (QED) is 0.326. The van der Waals surface area contributed by atoms with Crippen molar-refractivity contribution in [3.05, 3.63) is 65.9 Å². The zero-order valence-electron chi connectivity index (χ0n) is 25.3. The van der Waals surface area contributed by atoms with E-state index in [1.165, 1.54) is 0 Å². The Morgan fingerprint density at radius 1 is 1.02 bits per heavy atom. The maximum atomic E-state index is 14.1. The van der Waals surface area contributed by atoms with Gasteiger partial charge in [0.25, 0.3) is 5.91 Å². The van der Waals surface area contributed by atoms with Gasteiger partial charge in [-0.25, -0.2) is 0 Å². The number of carbonyl (C=O) groups is 4. The van der Waals surface area contributed by atoms with Gasteiger partial charge in [-0.15, -0.1) is 0 Å². The first-order chi connectivity index (χ1) is 21.4. The van der Waals surface area contributed by atoms with Gasteiger partial charge in [0.05, 0.1) is 19.8 Å². The molecule has 0 radical (unpaired) electrons. The second kappa shape index (κ2) is 13.3. The number of H-pyrrole nitrogens is 1. The second-order valence-corrected chi connectivity index (χ2v) is 12.5. The average molecular weight is 600 g/mol. The Balaban J connectivity index is 1.21. The van der Waals surface area contributed by atoms with Crippen molar-refractivity contribution in [3.63, 3.8) is 0 Å². The zero-order valence-corrected chi connectivity index (χ0v) is 25.3. The van der Waals surface area contributed by atoms with Crippen molar-refractivity contribution >= 4 is 34.3 Å². The van der Waals surface area contributed by atoms with E-state index in [9.17, 15) is 19.2 Å². The highest BCUT2D eigenvalue weighted by atomic mass is 16.5. The average Bonchev–Trinajstić information content (AvgIpc) is 3.76. The molecule has 2 amide bonds. The van der Waals surface area contributed by atoms with E-state index in [-0.39, 0.29) is 60.8 Å². The van der Waals surface area contributed by atoms with Crippen molar-refractivity contribution in [1.82, 2.24) is 15.2 Å². The standard InChI is InChI=1S/C35H41N3O6/c1-43-32-16-8-14-27-26(32)18-29(36-27)35(42)38-19-24-12-7-13-25(24)33(38)34(41)37-28(17-23-11-5-6-15-30(23)39)31(40)21-44-20-22-9-3-2-4-10-22/h2-4,8-10,14,16,18,23-25,28,33,36H,5-7,11-13,15,17,19-21H2,1H3,(H,37,41). The van der Waals surface area contributed by atoms with Crippen molar-refractivity contribution in [3.8, 4) is 5.75 Å². The third-order valence-electron chi connectivity index (χ3n) is 9.76. The van der Waals surface area contributed by atoms with E-state index in [0.29, 0.717) is 30.8 Å². The largest absolute Gasteiger partial charge is 0.496 e. The molecule has 2 saturated carbocycles. The summed E-state index contributed by atoms with van der Waals surface area (Å²) in [6.45, 7) is 0.602. The highest BCUT2D eigenvalue weighted by molar-refractivity contribution is 6.02. The summed E-state index contributed by atoms with van der Waals surface area (Å²) in [7, 11) is 1.59. The molecule has 5 atom stereocenters. The molecule has 5 unspecified atom stereocenters. The van der Waals surface area contributed by atoms with Gasteiger partial charge in [-0.3, -0.25) is 19.2 Å². The van der Waals surface area contributed by atoms with Gasteiger partial charge in [0, 0.05) is 29.8 Å². The van der Waals surface area contributed by atoms with E-state index in [1.807, 2.05) is 48.5 Å². The maximum Gasteiger partial charge on any atom is 0.271 e. The second-order valence-electron chi connectivity index (χ2n) is 12.5. The molecule has 0 bridgehead atoms. The number of likely N-dealkylation sites (tertiary alicyclic amines) is 1. The van der Waals surface area contributed by atoms with E-state index in [0.717, 1.165) is 48.6 Å². The lowest BCUT2D eigenvalue weighted by molar-refractivity contribution is -0.134. The number of hydrogen-bond acceptors (Lipinski definition) is 6. The van der Waals surface area contributed by atoms with Crippen LogP contribution in [0.2, 0.25) is 0 Å². The summed E-state index contributed by atoms with van der Waals surface area (Å²) in [6.07, 6.45) is 6.10. The van der Waals surface area contributed by atoms with Crippen molar-refractivity contribution in [2.45, 2.75) is 70.1 Å². The molecule has 9 heteroatoms. The van der Waals surface area contributed by atoms with Crippen molar-refractivity contribution in [1.29, 1.82) is 0 Å². The number of ether oxygens (including phenoxy) is 2. The first-order valence-corrected chi connectivity index (χ1v) is 15.9. The number of benzene rings is 2. The van der Waals surface area contributed by atoms with Crippen LogP contribution in [0.3, 0.4) is 0 Å². The predicted molar refractivity (Wildman–Crippen MR) is 165 cm³/mol. The molecular formula is C35H41N3O6. The maximum absolute atomic E-state index is 14.1. The molecule has 3 fully saturated rings. The number of rotatable bonds is 11. The number of Topliss-reactive ketones (excluding diaryl/α,β-unsaturated/α-hetero) is 2. The Morgan fingerprint density at radius 3 is 2.66 bits per heavy atom. The summed E-state index contributed by atoms with van der Waals surface area (Å²) in [5, 5.41) is 3.83. The monoisotopic (exact) mass is 599 g/mol. The number of methoxy groups -OCH3 is 1. The van der Waals surface area contributed by atoms with Crippen LogP contribution in [-0.4, -0.2) is 65.6 Å². The van der Waals surface area contributed by atoms with Crippen LogP contribution in [0.25, 0.3) is 10.9 Å². The summed E-state index contributed by atoms with van der Waals surface area (Å²) < 4.78 is 11.2. The van der Waals surface area contributed by atoms with Crippen LogP contribution in [0.1, 0.15) is 67.4 Å². The highest BCUT2D eigenvalue weighted by Crippen LogP contribution is 2.43. The minimum atomic E-state index is -0.861. The predicted octanol–water partition coefficient (Wildman–Crippen LogP) is 4.84. The van der Waals surface area contributed by atoms with E-state index in [4.69, 9.17) is 9.47 Å². The molecule has 6 rings (SSSR count). The Hall–Kier alpha value is -3.98. The van der Waals surface area contributed by atoms with Gasteiger partial charge in [0.2, 0.25) is 5.91 Å². The third kappa shape index (κ3) is 6.29. The van der Waals surface area contributed by atoms with Gasteiger partial charge in [0.1, 0.15) is 29.9 Å². The zero-order chi connectivity index (χ0) is 30.6. The van der Waals surface area contributed by atoms with Gasteiger partial charge >= 0.3 is 0 Å². The Morgan fingerprint density at radius 2 is 1.86 bits per heavy atom. The fraction of sp³-hybridized carbons (Fsp3) is 0.486. The molecule has 3 aliphatic rings. The number of aromatic nitrogens is 1. The molecule has 232 valence electrons. The number of hydrogen-bond donors (Lipinski definition) is 2. The van der Waals surface area contributed by atoms with Crippen LogP contribution in [-0.2, 0) is 25.7 Å². The number of amides is 2. The molecule has 1 aromatic heterocycles. The molecule has 2 N–H and O–H groups in total. The number of ketones is 2. The molecule has 2 aromatic carbocycles. The normalized spacial score (nSPS) is 23.8. The minimum Gasteiger partial charge on any atom is -0.496 e. The van der Waals surface area contributed by atoms with Crippen molar-refractivity contribution < 1.29 is 28.7 Å². The summed E-state index contributed by atoms with van der Waals surface area (Å²) in [5.41, 5.74) is 2.13. The van der Waals surface area contributed by atoms with Crippen LogP contribution >= 0.6 is 0 Å². The highest BCUT2D eigenvalue weighted by Gasteiger charge is 2.50. The van der Waals surface area contributed by atoms with Crippen LogP contribution in [0.5, 0.6) is 5.75 Å². The van der Waals surface area contributed by atoms with Crippen molar-refractivity contribution in [2.24, 2.45) is 17.8 Å². The van der Waals surface area contributed by atoms with Gasteiger partial charge in [-0.1, -0.05) is 49.2 Å². The third-order valence-corrected chi connectivity index (χ3v) is 9.76. The molecule has 2 aliphatic carbocycles. The topological polar surface area (TPSA) is 118 Å². The molecular weight excluding hydrogens is 558 g/mol. The van der Waals surface area contributed by atoms with Crippen LogP contribution in [0.15, 0.2) is 54.6 Å². The summed E-state index contributed by atoms with van der Waals surface area (Å²) in [5.74, 6) is -0.0189. The Bertz CT molecular complexity index is 1520. The lowest BCUT2D eigenvalue weighted by Gasteiger charge is -2.30. The van der Waals surface area contributed by atoms with Crippen LogP contribution in [0, 0.1) is 17.8 Å². The minimum absolute atomic E-state index is 0.0271. The van der Waals surface area contributed by atoms with Gasteiger partial charge in [-0.05, 0) is 67.7 Å². The fourth-order valence-corrected chi connectivity index (χ4v) is 7.49. The summed E-state index contributed by atoms with van der Waals surface area (Å²) >= 11 is 0. The molecule has 1 saturated heterocycles. The van der Waals surface area contributed by atoms with Gasteiger partial charge in [-0.2, -0.15) is 0 Å². The van der Waals surface area contributed by atoms with E-state index >= 15 is 0 Å². The van der Waals surface area contributed by atoms with E-state index in [1.54, 1.807) is 18.1 Å². The van der Waals surface area contributed by atoms with Crippen LogP contribution < -0.4 is 10.1 Å². The molecule has 2 heterocycles. The van der Waals surface area contributed by atoms with Crippen molar-refractivity contribution in [2.75, 3.05) is 20.3 Å². The molecule has 9 nitrogen and oxygen atoms in total. The number of nitrogens with one attached hydrogen (secondary N) is 2. The van der Waals surface area contributed by atoms with Gasteiger partial charge in [0.15, 0.2) is 5.78 Å². The summed E-state index contributed by atoms with van der Waals surface area (Å²) in [6, 6.07) is 15.4. The number of fused-ring (bicyclic) bond motifs is 2. The molecule has 0 spiro atoms. The Labute approximate surface area is 257 Å². The van der Waals surface area contributed by atoms with Gasteiger partial charge < -0.3 is 24.7 Å².